The van der Waals surface area contributed by atoms with Crippen molar-refractivity contribution < 1.29 is 9.90 Å². The predicted octanol–water partition coefficient (Wildman–Crippen LogP) is 2.42. The number of thioether (sulfide) groups is 1. The Kier molecular flexibility index (Phi) is 3.61. The fraction of sp³-hybridized carbons (Fsp3) is 0.182. The van der Waals surface area contributed by atoms with Gasteiger partial charge in [0.25, 0.3) is 0 Å². The molecule has 0 saturated carbocycles. The molecular formula is C11H10O2S. The largest absolute Gasteiger partial charge is 0.478 e. The molecule has 0 aromatic heterocycles. The molecule has 0 bridgehead atoms. The van der Waals surface area contributed by atoms with Crippen molar-refractivity contribution in [3.8, 4) is 12.3 Å². The lowest BCUT2D eigenvalue weighted by atomic mass is 10.1. The number of carboxylic acids is 1. The average Bonchev–Trinajstić information content (AvgIpc) is 2.16. The maximum absolute atomic E-state index is 10.7. The molecule has 0 fully saturated rings. The number of hydrogen-bond acceptors (Lipinski definition) is 2. The molecule has 2 nitrogen and oxygen atoms in total. The minimum Gasteiger partial charge on any atom is -0.478 e. The van der Waals surface area contributed by atoms with Crippen LogP contribution in [0.15, 0.2) is 23.1 Å². The summed E-state index contributed by atoms with van der Waals surface area (Å²) in [6.07, 6.45) is 5.14. The molecule has 0 amide bonds. The summed E-state index contributed by atoms with van der Waals surface area (Å²) in [5, 5.41) is 8.78. The number of carboxylic acid groups (broad SMARTS) is 1. The number of aromatic carboxylic acids is 1. The first-order valence-corrected chi connectivity index (χ1v) is 5.04. The summed E-state index contributed by atoms with van der Waals surface area (Å²) in [6, 6.07) is 5.04. The number of hydrogen-bond donors (Lipinski definition) is 1. The standard InChI is InChI=1S/C11H10O2S/c1-3-6-14-10-7-9(11(12)13)5-4-8(10)2/h1,4-5,7H,6H2,2H3,(H,12,13). The van der Waals surface area contributed by atoms with Crippen molar-refractivity contribution in [3.63, 3.8) is 0 Å². The van der Waals surface area contributed by atoms with Gasteiger partial charge in [-0.25, -0.2) is 4.79 Å². The summed E-state index contributed by atoms with van der Waals surface area (Å²) < 4.78 is 0. The van der Waals surface area contributed by atoms with Gasteiger partial charge in [0.05, 0.1) is 11.3 Å². The Morgan fingerprint density at radius 1 is 1.64 bits per heavy atom. The minimum atomic E-state index is -0.910. The molecule has 1 N–H and O–H groups in total. The third-order valence-corrected chi connectivity index (χ3v) is 2.81. The lowest BCUT2D eigenvalue weighted by Gasteiger charge is -2.04. The van der Waals surface area contributed by atoms with Crippen LogP contribution >= 0.6 is 11.8 Å². The number of benzene rings is 1. The van der Waals surface area contributed by atoms with Crippen LogP contribution in [0.4, 0.5) is 0 Å². The van der Waals surface area contributed by atoms with Crippen molar-refractivity contribution in [2.75, 3.05) is 5.75 Å². The Labute approximate surface area is 87.3 Å². The lowest BCUT2D eigenvalue weighted by molar-refractivity contribution is 0.0696. The Bertz CT molecular complexity index is 391. The second-order valence-corrected chi connectivity index (χ2v) is 3.80. The van der Waals surface area contributed by atoms with E-state index in [1.165, 1.54) is 11.8 Å². The molecule has 3 heteroatoms. The highest BCUT2D eigenvalue weighted by atomic mass is 32.2. The van der Waals surface area contributed by atoms with E-state index in [1.807, 2.05) is 6.92 Å². The highest BCUT2D eigenvalue weighted by Gasteiger charge is 2.05. The number of carbonyl (C=O) groups is 1. The molecule has 72 valence electrons. The van der Waals surface area contributed by atoms with Gasteiger partial charge in [-0.3, -0.25) is 0 Å². The monoisotopic (exact) mass is 206 g/mol. The first kappa shape index (κ1) is 10.7. The van der Waals surface area contributed by atoms with Crippen LogP contribution < -0.4 is 0 Å². The van der Waals surface area contributed by atoms with Gasteiger partial charge in [0, 0.05) is 4.90 Å². The van der Waals surface area contributed by atoms with E-state index in [0.29, 0.717) is 11.3 Å². The molecule has 0 atom stereocenters. The summed E-state index contributed by atoms with van der Waals surface area (Å²) in [6.45, 7) is 1.94. The molecule has 0 aliphatic heterocycles. The Morgan fingerprint density at radius 2 is 2.36 bits per heavy atom. The van der Waals surface area contributed by atoms with E-state index in [4.69, 9.17) is 11.5 Å². The summed E-state index contributed by atoms with van der Waals surface area (Å²) in [7, 11) is 0. The maximum atomic E-state index is 10.7. The van der Waals surface area contributed by atoms with Crippen LogP contribution in [0.2, 0.25) is 0 Å². The van der Waals surface area contributed by atoms with Gasteiger partial charge < -0.3 is 5.11 Å². The fourth-order valence-corrected chi connectivity index (χ4v) is 1.75. The quantitative estimate of drug-likeness (QED) is 0.609. The fourth-order valence-electron chi connectivity index (χ4n) is 1.01. The molecule has 0 unspecified atom stereocenters. The van der Waals surface area contributed by atoms with E-state index in [0.717, 1.165) is 10.5 Å². The number of rotatable bonds is 3. The second kappa shape index (κ2) is 4.73. The van der Waals surface area contributed by atoms with Crippen LogP contribution in [-0.2, 0) is 0 Å². The molecule has 1 aromatic rings. The van der Waals surface area contributed by atoms with Gasteiger partial charge in [-0.05, 0) is 24.6 Å². The van der Waals surface area contributed by atoms with Crippen molar-refractivity contribution in [3.05, 3.63) is 29.3 Å². The topological polar surface area (TPSA) is 37.3 Å². The van der Waals surface area contributed by atoms with Gasteiger partial charge in [0.15, 0.2) is 0 Å². The molecule has 0 radical (unpaired) electrons. The molecule has 1 rings (SSSR count). The average molecular weight is 206 g/mol. The van der Waals surface area contributed by atoms with E-state index >= 15 is 0 Å². The van der Waals surface area contributed by atoms with E-state index in [1.54, 1.807) is 18.2 Å². The number of aryl methyl sites for hydroxylation is 1. The van der Waals surface area contributed by atoms with Gasteiger partial charge in [0.1, 0.15) is 0 Å². The lowest BCUT2D eigenvalue weighted by Crippen LogP contribution is -1.96. The van der Waals surface area contributed by atoms with Crippen molar-refractivity contribution in [2.45, 2.75) is 11.8 Å². The highest BCUT2D eigenvalue weighted by Crippen LogP contribution is 2.23. The smallest absolute Gasteiger partial charge is 0.335 e. The molecule has 1 aromatic carbocycles. The van der Waals surface area contributed by atoms with Gasteiger partial charge in [-0.1, -0.05) is 12.0 Å². The molecular weight excluding hydrogens is 196 g/mol. The van der Waals surface area contributed by atoms with Crippen LogP contribution in [0, 0.1) is 19.3 Å². The van der Waals surface area contributed by atoms with Crippen molar-refractivity contribution in [1.29, 1.82) is 0 Å². The third-order valence-electron chi connectivity index (χ3n) is 1.75. The van der Waals surface area contributed by atoms with Crippen LogP contribution in [0.5, 0.6) is 0 Å². The zero-order valence-electron chi connectivity index (χ0n) is 7.78. The first-order valence-electron chi connectivity index (χ1n) is 4.05. The third kappa shape index (κ3) is 2.54. The maximum Gasteiger partial charge on any atom is 0.335 e. The molecule has 0 heterocycles. The van der Waals surface area contributed by atoms with E-state index < -0.39 is 5.97 Å². The van der Waals surface area contributed by atoms with E-state index in [-0.39, 0.29) is 0 Å². The number of terminal acetylenes is 1. The van der Waals surface area contributed by atoms with Crippen molar-refractivity contribution in [2.24, 2.45) is 0 Å². The Balaban J connectivity index is 2.97. The van der Waals surface area contributed by atoms with Crippen LogP contribution in [-0.4, -0.2) is 16.8 Å². The molecule has 0 aliphatic carbocycles. The molecule has 0 aliphatic rings. The summed E-state index contributed by atoms with van der Waals surface area (Å²) in [5.74, 6) is 2.16. The SMILES string of the molecule is C#CCSc1cc(C(=O)O)ccc1C. The normalized spacial score (nSPS) is 9.43. The summed E-state index contributed by atoms with van der Waals surface area (Å²) in [4.78, 5) is 11.6. The minimum absolute atomic E-state index is 0.301. The zero-order valence-corrected chi connectivity index (χ0v) is 8.60. The zero-order chi connectivity index (χ0) is 10.6. The predicted molar refractivity (Wildman–Crippen MR) is 57.7 cm³/mol. The van der Waals surface area contributed by atoms with Crippen LogP contribution in [0.25, 0.3) is 0 Å². The van der Waals surface area contributed by atoms with E-state index in [2.05, 4.69) is 5.92 Å². The highest BCUT2D eigenvalue weighted by molar-refractivity contribution is 7.99. The van der Waals surface area contributed by atoms with E-state index in [9.17, 15) is 4.79 Å². The van der Waals surface area contributed by atoms with Gasteiger partial charge in [-0.15, -0.1) is 18.2 Å². The first-order chi connectivity index (χ1) is 6.65. The molecule has 0 saturated heterocycles. The summed E-state index contributed by atoms with van der Waals surface area (Å²) >= 11 is 1.48. The van der Waals surface area contributed by atoms with Gasteiger partial charge in [0.2, 0.25) is 0 Å². The Morgan fingerprint density at radius 3 is 2.93 bits per heavy atom. The Hall–Kier alpha value is -1.40. The van der Waals surface area contributed by atoms with Gasteiger partial charge in [-0.2, -0.15) is 0 Å². The molecule has 0 spiro atoms. The molecule has 14 heavy (non-hydrogen) atoms. The van der Waals surface area contributed by atoms with Gasteiger partial charge >= 0.3 is 5.97 Å². The van der Waals surface area contributed by atoms with Crippen LogP contribution in [0.1, 0.15) is 15.9 Å². The second-order valence-electron chi connectivity index (χ2n) is 2.78. The van der Waals surface area contributed by atoms with Crippen molar-refractivity contribution in [1.82, 2.24) is 0 Å². The van der Waals surface area contributed by atoms with Crippen LogP contribution in [0.3, 0.4) is 0 Å². The summed E-state index contributed by atoms with van der Waals surface area (Å²) in [5.41, 5.74) is 1.35. The van der Waals surface area contributed by atoms with Crippen molar-refractivity contribution >= 4 is 17.7 Å².